The summed E-state index contributed by atoms with van der Waals surface area (Å²) in [7, 11) is 0. The Kier molecular flexibility index (Phi) is 4.98. The van der Waals surface area contributed by atoms with Crippen molar-refractivity contribution in [2.45, 2.75) is 25.9 Å². The van der Waals surface area contributed by atoms with Gasteiger partial charge in [0.2, 0.25) is 0 Å². The fourth-order valence-corrected chi connectivity index (χ4v) is 2.65. The smallest absolute Gasteiger partial charge is 0.147 e. The van der Waals surface area contributed by atoms with Crippen LogP contribution in [-0.4, -0.2) is 19.7 Å². The lowest BCUT2D eigenvalue weighted by Crippen LogP contribution is -2.32. The number of halogens is 2. The lowest BCUT2D eigenvalue weighted by molar-refractivity contribution is -0.0294. The first kappa shape index (κ1) is 13.8. The highest BCUT2D eigenvalue weighted by molar-refractivity contribution is 6.30. The van der Waals surface area contributed by atoms with Crippen LogP contribution in [0.15, 0.2) is 18.2 Å². The predicted octanol–water partition coefficient (Wildman–Crippen LogP) is 3.56. The Bertz CT molecular complexity index is 399. The Labute approximate surface area is 112 Å². The van der Waals surface area contributed by atoms with Gasteiger partial charge in [0, 0.05) is 24.6 Å². The number of hydrogen-bond donors (Lipinski definition) is 1. The molecule has 0 spiro atoms. The molecule has 1 aromatic carbocycles. The van der Waals surface area contributed by atoms with Gasteiger partial charge in [0.1, 0.15) is 5.82 Å². The van der Waals surface area contributed by atoms with Gasteiger partial charge in [0.05, 0.1) is 11.1 Å². The van der Waals surface area contributed by atoms with Gasteiger partial charge in [-0.2, -0.15) is 0 Å². The molecule has 0 aromatic heterocycles. The molecule has 2 atom stereocenters. The maximum atomic E-state index is 14.0. The van der Waals surface area contributed by atoms with Gasteiger partial charge in [-0.15, -0.1) is 0 Å². The van der Waals surface area contributed by atoms with Crippen molar-refractivity contribution in [2.24, 2.45) is 5.92 Å². The molecule has 0 saturated carbocycles. The van der Waals surface area contributed by atoms with E-state index in [1.54, 1.807) is 18.2 Å². The third-order valence-electron chi connectivity index (χ3n) is 3.39. The number of nitrogens with one attached hydrogen (secondary N) is 1. The average molecular weight is 272 g/mol. The highest BCUT2D eigenvalue weighted by Gasteiger charge is 2.29. The van der Waals surface area contributed by atoms with E-state index in [0.29, 0.717) is 18.1 Å². The third kappa shape index (κ3) is 3.02. The zero-order valence-corrected chi connectivity index (χ0v) is 11.3. The highest BCUT2D eigenvalue weighted by atomic mass is 35.5. The third-order valence-corrected chi connectivity index (χ3v) is 3.68. The molecule has 0 bridgehead atoms. The van der Waals surface area contributed by atoms with Crippen LogP contribution in [-0.2, 0) is 4.74 Å². The summed E-state index contributed by atoms with van der Waals surface area (Å²) in [6.45, 7) is 4.53. The van der Waals surface area contributed by atoms with E-state index in [1.165, 1.54) is 0 Å². The number of rotatable bonds is 4. The van der Waals surface area contributed by atoms with Crippen molar-refractivity contribution in [1.29, 1.82) is 0 Å². The minimum atomic E-state index is -0.340. The zero-order valence-electron chi connectivity index (χ0n) is 10.6. The Balaban J connectivity index is 2.19. The van der Waals surface area contributed by atoms with Crippen LogP contribution in [0.2, 0.25) is 5.02 Å². The van der Waals surface area contributed by atoms with Crippen molar-refractivity contribution in [3.8, 4) is 0 Å². The van der Waals surface area contributed by atoms with Crippen molar-refractivity contribution in [1.82, 2.24) is 5.32 Å². The summed E-state index contributed by atoms with van der Waals surface area (Å²) >= 11 is 5.84. The standard InChI is InChI=1S/C14H19ClFNO/c1-2-17-9-10-5-4-8-18-14(10)11-6-3-7-12(15)13(11)16/h3,6-7,10,14,17H,2,4-5,8-9H2,1H3. The Hall–Kier alpha value is -0.640. The predicted molar refractivity (Wildman–Crippen MR) is 71.4 cm³/mol. The number of benzene rings is 1. The van der Waals surface area contributed by atoms with Gasteiger partial charge in [-0.25, -0.2) is 4.39 Å². The van der Waals surface area contributed by atoms with E-state index in [4.69, 9.17) is 16.3 Å². The monoisotopic (exact) mass is 271 g/mol. The van der Waals surface area contributed by atoms with E-state index < -0.39 is 0 Å². The second-order valence-corrected chi connectivity index (χ2v) is 5.05. The topological polar surface area (TPSA) is 21.3 Å². The minimum absolute atomic E-state index is 0.170. The summed E-state index contributed by atoms with van der Waals surface area (Å²) in [5, 5.41) is 3.49. The van der Waals surface area contributed by atoms with Crippen molar-refractivity contribution in [3.63, 3.8) is 0 Å². The van der Waals surface area contributed by atoms with Crippen molar-refractivity contribution in [3.05, 3.63) is 34.6 Å². The van der Waals surface area contributed by atoms with E-state index in [0.717, 1.165) is 25.9 Å². The second-order valence-electron chi connectivity index (χ2n) is 4.64. The van der Waals surface area contributed by atoms with Crippen LogP contribution in [0.5, 0.6) is 0 Å². The van der Waals surface area contributed by atoms with Crippen LogP contribution >= 0.6 is 11.6 Å². The first-order valence-corrected chi connectivity index (χ1v) is 6.88. The minimum Gasteiger partial charge on any atom is -0.373 e. The molecule has 0 amide bonds. The molecule has 18 heavy (non-hydrogen) atoms. The zero-order chi connectivity index (χ0) is 13.0. The molecular weight excluding hydrogens is 253 g/mol. The van der Waals surface area contributed by atoms with Crippen molar-refractivity contribution in [2.75, 3.05) is 19.7 Å². The maximum absolute atomic E-state index is 14.0. The Morgan fingerprint density at radius 1 is 1.50 bits per heavy atom. The van der Waals surface area contributed by atoms with Gasteiger partial charge >= 0.3 is 0 Å². The molecule has 1 saturated heterocycles. The van der Waals surface area contributed by atoms with E-state index >= 15 is 0 Å². The molecule has 0 aliphatic carbocycles. The molecule has 2 nitrogen and oxygen atoms in total. The largest absolute Gasteiger partial charge is 0.373 e. The molecule has 1 fully saturated rings. The molecule has 2 unspecified atom stereocenters. The normalized spacial score (nSPS) is 24.2. The average Bonchev–Trinajstić information content (AvgIpc) is 2.40. The summed E-state index contributed by atoms with van der Waals surface area (Å²) in [6, 6.07) is 5.13. The number of ether oxygens (including phenoxy) is 1. The molecule has 1 heterocycles. The fourth-order valence-electron chi connectivity index (χ4n) is 2.47. The lowest BCUT2D eigenvalue weighted by atomic mass is 9.89. The first-order valence-electron chi connectivity index (χ1n) is 6.50. The van der Waals surface area contributed by atoms with E-state index in [9.17, 15) is 4.39 Å². The van der Waals surface area contributed by atoms with Crippen LogP contribution in [0.3, 0.4) is 0 Å². The van der Waals surface area contributed by atoms with Gasteiger partial charge in [-0.1, -0.05) is 30.7 Å². The Morgan fingerprint density at radius 2 is 2.33 bits per heavy atom. The lowest BCUT2D eigenvalue weighted by Gasteiger charge is -2.32. The quantitative estimate of drug-likeness (QED) is 0.904. The van der Waals surface area contributed by atoms with E-state index in [2.05, 4.69) is 12.2 Å². The molecule has 2 rings (SSSR count). The summed E-state index contributed by atoms with van der Waals surface area (Å²) in [5.41, 5.74) is 0.588. The van der Waals surface area contributed by atoms with Crippen LogP contribution in [0, 0.1) is 11.7 Å². The molecule has 100 valence electrons. The molecule has 1 aliphatic rings. The molecular formula is C14H19ClFNO. The van der Waals surface area contributed by atoms with Gasteiger partial charge in [-0.05, 0) is 25.5 Å². The highest BCUT2D eigenvalue weighted by Crippen LogP contribution is 2.36. The molecule has 0 radical (unpaired) electrons. The first-order chi connectivity index (χ1) is 8.74. The summed E-state index contributed by atoms with van der Waals surface area (Å²) in [4.78, 5) is 0. The van der Waals surface area contributed by atoms with Gasteiger partial charge in [-0.3, -0.25) is 0 Å². The SMILES string of the molecule is CCNCC1CCCOC1c1cccc(Cl)c1F. The van der Waals surface area contributed by atoms with Crippen LogP contribution in [0.4, 0.5) is 4.39 Å². The van der Waals surface area contributed by atoms with Gasteiger partial charge < -0.3 is 10.1 Å². The molecule has 1 N–H and O–H groups in total. The Morgan fingerprint density at radius 3 is 3.11 bits per heavy atom. The van der Waals surface area contributed by atoms with E-state index in [1.807, 2.05) is 0 Å². The van der Waals surface area contributed by atoms with Crippen LogP contribution < -0.4 is 5.32 Å². The van der Waals surface area contributed by atoms with Gasteiger partial charge in [0.25, 0.3) is 0 Å². The maximum Gasteiger partial charge on any atom is 0.147 e. The summed E-state index contributed by atoms with van der Waals surface area (Å²) in [5.74, 6) is -0.0285. The molecule has 4 heteroatoms. The van der Waals surface area contributed by atoms with E-state index in [-0.39, 0.29) is 16.9 Å². The van der Waals surface area contributed by atoms with Crippen LogP contribution in [0.25, 0.3) is 0 Å². The fraction of sp³-hybridized carbons (Fsp3) is 0.571. The summed E-state index contributed by atoms with van der Waals surface area (Å²) in [6.07, 6.45) is 1.91. The van der Waals surface area contributed by atoms with Crippen molar-refractivity contribution >= 4 is 11.6 Å². The second kappa shape index (κ2) is 6.50. The number of hydrogen-bond acceptors (Lipinski definition) is 2. The molecule has 1 aliphatic heterocycles. The van der Waals surface area contributed by atoms with Crippen LogP contribution in [0.1, 0.15) is 31.4 Å². The molecule has 1 aromatic rings. The van der Waals surface area contributed by atoms with Gasteiger partial charge in [0.15, 0.2) is 0 Å². The summed E-state index contributed by atoms with van der Waals surface area (Å²) < 4.78 is 19.8. The van der Waals surface area contributed by atoms with Crippen molar-refractivity contribution < 1.29 is 9.13 Å².